The molecule has 0 amide bonds. The van der Waals surface area contributed by atoms with Crippen LogP contribution in [0.15, 0.2) is 0 Å². The topological polar surface area (TPSA) is 86.9 Å². The maximum Gasteiger partial charge on any atom is 1.00 e. The second kappa shape index (κ2) is 43.7. The molecule has 280 valence electrons. The van der Waals surface area contributed by atoms with E-state index in [-0.39, 0.29) is 35.0 Å². The number of ether oxygens (including phenoxy) is 7. The quantitative estimate of drug-likeness (QED) is 0.0429. The Morgan fingerprint density at radius 3 is 1.02 bits per heavy atom. The molecule has 0 aromatic carbocycles. The van der Waals surface area contributed by atoms with Gasteiger partial charge in [-0.25, -0.2) is 0 Å². The van der Waals surface area contributed by atoms with E-state index >= 15 is 0 Å². The molecule has 0 radical (unpaired) electrons. The van der Waals surface area contributed by atoms with Crippen molar-refractivity contribution >= 4 is 17.4 Å². The van der Waals surface area contributed by atoms with E-state index in [1.54, 1.807) is 0 Å². The number of hydrogen-bond donors (Lipinski definition) is 0. The molecule has 0 aromatic rings. The Balaban J connectivity index is 0. The van der Waals surface area contributed by atoms with Crippen LogP contribution in [0.1, 0.15) is 142 Å². The van der Waals surface area contributed by atoms with E-state index in [1.807, 2.05) is 0 Å². The minimum Gasteiger partial charge on any atom is -0.753 e. The molecule has 1 aliphatic rings. The van der Waals surface area contributed by atoms with E-state index in [2.05, 4.69) is 26.1 Å². The third-order valence-electron chi connectivity index (χ3n) is 8.41. The van der Waals surface area contributed by atoms with Gasteiger partial charge in [0, 0.05) is 13.2 Å². The number of rotatable bonds is 26. The fourth-order valence-electron chi connectivity index (χ4n) is 5.57. The summed E-state index contributed by atoms with van der Waals surface area (Å²) in [5, 5.41) is 8.47. The van der Waals surface area contributed by atoms with Crippen molar-refractivity contribution in [2.24, 2.45) is 5.41 Å². The number of unbranched alkanes of at least 4 members (excludes halogenated alkanes) is 18. The fraction of sp³-hybridized carbons (Fsp3) is 0.974. The summed E-state index contributed by atoms with van der Waals surface area (Å²) in [5.41, 5.74) is -0.336. The van der Waals surface area contributed by atoms with Crippen molar-refractivity contribution in [3.63, 3.8) is 0 Å². The third-order valence-corrected chi connectivity index (χ3v) is 8.41. The first-order valence-corrected chi connectivity index (χ1v) is 19.7. The molecule has 0 bridgehead atoms. The van der Waals surface area contributed by atoms with Gasteiger partial charge in [-0.2, -0.15) is 5.16 Å². The zero-order valence-electron chi connectivity index (χ0n) is 31.8. The van der Waals surface area contributed by atoms with E-state index in [0.29, 0.717) is 79.3 Å². The molecule has 1 saturated heterocycles. The Morgan fingerprint density at radius 1 is 0.479 bits per heavy atom. The van der Waals surface area contributed by atoms with Crippen LogP contribution in [0.25, 0.3) is 5.41 Å². The van der Waals surface area contributed by atoms with Crippen LogP contribution in [0.2, 0.25) is 0 Å². The largest absolute Gasteiger partial charge is 1.00 e. The summed E-state index contributed by atoms with van der Waals surface area (Å²) in [4.78, 5) is 0. The maximum absolute atomic E-state index is 7.13. The van der Waals surface area contributed by atoms with Crippen LogP contribution in [-0.4, -0.2) is 97.7 Å². The van der Waals surface area contributed by atoms with E-state index in [0.717, 1.165) is 26.1 Å². The summed E-state index contributed by atoms with van der Waals surface area (Å²) in [7, 11) is 0. The Morgan fingerprint density at radius 2 is 0.729 bits per heavy atom. The van der Waals surface area contributed by atoms with Gasteiger partial charge in [-0.3, -0.25) is 0 Å². The van der Waals surface area contributed by atoms with Crippen molar-refractivity contribution in [3.05, 3.63) is 5.41 Å². The van der Waals surface area contributed by atoms with E-state index in [9.17, 15) is 0 Å². The van der Waals surface area contributed by atoms with Gasteiger partial charge >= 0.3 is 29.6 Å². The van der Waals surface area contributed by atoms with Gasteiger partial charge in [-0.1, -0.05) is 142 Å². The van der Waals surface area contributed by atoms with Crippen molar-refractivity contribution in [3.8, 4) is 0 Å². The monoisotopic (exact) mass is 712 g/mol. The van der Waals surface area contributed by atoms with Gasteiger partial charge in [-0.15, -0.1) is 0 Å². The minimum atomic E-state index is -0.336. The molecule has 1 heterocycles. The Kier molecular flexibility index (Phi) is 46.1. The van der Waals surface area contributed by atoms with E-state index in [1.165, 1.54) is 121 Å². The first kappa shape index (κ1) is 50.6. The summed E-state index contributed by atoms with van der Waals surface area (Å²) < 4.78 is 41.7. The normalized spacial score (nSPS) is 16.3. The van der Waals surface area contributed by atoms with Crippen molar-refractivity contribution in [1.82, 2.24) is 0 Å². The van der Waals surface area contributed by atoms with Gasteiger partial charge in [0.15, 0.2) is 0 Å². The van der Waals surface area contributed by atoms with Gasteiger partial charge in [-0.05, 0) is 12.8 Å². The van der Waals surface area contributed by atoms with Crippen molar-refractivity contribution in [2.75, 3.05) is 92.5 Å². The smallest absolute Gasteiger partial charge is 0.753 e. The van der Waals surface area contributed by atoms with Gasteiger partial charge < -0.3 is 38.6 Å². The Bertz CT molecular complexity index is 598. The molecule has 0 atom stereocenters. The molecule has 0 aliphatic carbocycles. The second-order valence-corrected chi connectivity index (χ2v) is 13.2. The number of thiocarbonyl (C=S) groups is 1. The number of isothiocyanates is 1. The predicted octanol–water partition coefficient (Wildman–Crippen LogP) is 6.61. The molecular formula is C38H74NNaO7S. The number of nitrogens with zero attached hydrogens (tertiary/aromatic N) is 1. The fourth-order valence-corrected chi connectivity index (χ4v) is 5.57. The molecule has 0 aromatic heterocycles. The van der Waals surface area contributed by atoms with Crippen LogP contribution >= 0.6 is 12.2 Å². The molecule has 0 N–H and O–H groups in total. The molecule has 8 nitrogen and oxygen atoms in total. The van der Waals surface area contributed by atoms with Crippen LogP contribution in [-0.2, 0) is 33.2 Å². The summed E-state index contributed by atoms with van der Waals surface area (Å²) in [6.45, 7) is 12.8. The van der Waals surface area contributed by atoms with Crippen LogP contribution in [0.4, 0.5) is 0 Å². The summed E-state index contributed by atoms with van der Waals surface area (Å²) in [6.07, 6.45) is 26.6. The van der Waals surface area contributed by atoms with E-state index < -0.39 is 0 Å². The first-order valence-electron chi connectivity index (χ1n) is 19.3. The Labute approximate surface area is 323 Å². The van der Waals surface area contributed by atoms with Crippen LogP contribution < -0.4 is 29.6 Å². The van der Waals surface area contributed by atoms with Gasteiger partial charge in [0.1, 0.15) is 0 Å². The third kappa shape index (κ3) is 37.8. The summed E-state index contributed by atoms with van der Waals surface area (Å²) >= 11 is 3.70. The van der Waals surface area contributed by atoms with Crippen molar-refractivity contribution in [1.29, 1.82) is 0 Å². The second-order valence-electron chi connectivity index (χ2n) is 13.0. The molecule has 10 heteroatoms. The SMILES string of the molecule is CCCCCCCCCCCCOCC1(COCCCCCCCCCCCC)COCCOCCOCCOCCOC1.[N-]=C=S.[Na+]. The minimum absolute atomic E-state index is 0. The molecule has 1 rings (SSSR count). The Hall–Kier alpha value is 0.520. The molecular weight excluding hydrogens is 637 g/mol. The van der Waals surface area contributed by atoms with Crippen molar-refractivity contribution in [2.45, 2.75) is 142 Å². The van der Waals surface area contributed by atoms with Gasteiger partial charge in [0.05, 0.1) is 84.7 Å². The zero-order chi connectivity index (χ0) is 34.2. The van der Waals surface area contributed by atoms with Gasteiger partial charge in [0.2, 0.25) is 0 Å². The van der Waals surface area contributed by atoms with Crippen LogP contribution in [0.3, 0.4) is 0 Å². The molecule has 1 fully saturated rings. The molecule has 1 aliphatic heterocycles. The maximum atomic E-state index is 7.13. The molecule has 48 heavy (non-hydrogen) atoms. The summed E-state index contributed by atoms with van der Waals surface area (Å²) in [5.74, 6) is 0. The number of hydrogen-bond acceptors (Lipinski definition) is 8. The standard InChI is InChI=1S/C37H74O7.CNS.Na/c1-3-5-7-9-11-13-15-17-19-21-23-41-33-37(34-42-24-22-20-18-16-14-12-10-8-6-4-2)35-43-31-29-39-27-25-38-26-28-40-30-32-44-36-37;2-1-3;/h3-36H2,1-2H3;;/q;-1;+1. The zero-order valence-corrected chi connectivity index (χ0v) is 34.6. The molecule has 0 saturated carbocycles. The van der Waals surface area contributed by atoms with Crippen LogP contribution in [0.5, 0.6) is 0 Å². The molecule has 0 unspecified atom stereocenters. The molecule has 0 spiro atoms. The van der Waals surface area contributed by atoms with Gasteiger partial charge in [0.25, 0.3) is 0 Å². The summed E-state index contributed by atoms with van der Waals surface area (Å²) in [6, 6.07) is 0. The average Bonchev–Trinajstić information content (AvgIpc) is 3.07. The predicted molar refractivity (Wildman–Crippen MR) is 198 cm³/mol. The van der Waals surface area contributed by atoms with E-state index in [4.69, 9.17) is 38.6 Å². The average molecular weight is 712 g/mol. The van der Waals surface area contributed by atoms with Crippen LogP contribution in [0, 0.1) is 5.41 Å². The van der Waals surface area contributed by atoms with Crippen molar-refractivity contribution < 1.29 is 62.7 Å². The first-order chi connectivity index (χ1) is 23.2.